The molecule has 0 aromatic heterocycles. The molecule has 1 atom stereocenters. The van der Waals surface area contributed by atoms with Crippen molar-refractivity contribution < 1.29 is 9.84 Å². The lowest BCUT2D eigenvalue weighted by Gasteiger charge is -2.26. The van der Waals surface area contributed by atoms with Crippen LogP contribution in [0.5, 0.6) is 0 Å². The molecule has 1 aromatic carbocycles. The van der Waals surface area contributed by atoms with Crippen LogP contribution in [0.25, 0.3) is 0 Å². The summed E-state index contributed by atoms with van der Waals surface area (Å²) in [4.78, 5) is 2.17. The summed E-state index contributed by atoms with van der Waals surface area (Å²) in [5.41, 5.74) is 1.15. The van der Waals surface area contributed by atoms with Crippen LogP contribution in [0, 0.1) is 0 Å². The molecule has 102 valence electrons. The van der Waals surface area contributed by atoms with Crippen molar-refractivity contribution >= 4 is 5.69 Å². The second-order valence-electron chi connectivity index (χ2n) is 4.22. The van der Waals surface area contributed by atoms with E-state index in [1.165, 1.54) is 0 Å². The van der Waals surface area contributed by atoms with Crippen LogP contribution in [0.3, 0.4) is 0 Å². The summed E-state index contributed by atoms with van der Waals surface area (Å²) in [7, 11) is 1.67. The Morgan fingerprint density at radius 3 is 2.67 bits per heavy atom. The molecule has 0 amide bonds. The average molecular weight is 252 g/mol. The first-order valence-electron chi connectivity index (χ1n) is 6.45. The van der Waals surface area contributed by atoms with Gasteiger partial charge in [-0.25, -0.2) is 0 Å². The van der Waals surface area contributed by atoms with Crippen molar-refractivity contribution in [2.45, 2.75) is 13.0 Å². The molecule has 0 spiro atoms. The number of methoxy groups -OCH3 is 1. The highest BCUT2D eigenvalue weighted by molar-refractivity contribution is 5.45. The number of anilines is 1. The number of hydrogen-bond donors (Lipinski definition) is 2. The van der Waals surface area contributed by atoms with Gasteiger partial charge >= 0.3 is 0 Å². The maximum Gasteiger partial charge on any atom is 0.0839 e. The van der Waals surface area contributed by atoms with Crippen molar-refractivity contribution in [2.75, 3.05) is 44.8 Å². The zero-order chi connectivity index (χ0) is 13.2. The molecule has 0 saturated carbocycles. The fourth-order valence-electron chi connectivity index (χ4n) is 1.82. The SMILES string of the molecule is CCN(CC(O)CNCCOC)c1ccccc1. The molecule has 4 heteroatoms. The Morgan fingerprint density at radius 2 is 2.06 bits per heavy atom. The van der Waals surface area contributed by atoms with E-state index in [-0.39, 0.29) is 6.10 Å². The van der Waals surface area contributed by atoms with Crippen molar-refractivity contribution in [3.8, 4) is 0 Å². The van der Waals surface area contributed by atoms with E-state index in [1.54, 1.807) is 7.11 Å². The summed E-state index contributed by atoms with van der Waals surface area (Å²) in [6.45, 7) is 5.65. The Bertz CT molecular complexity index is 306. The van der Waals surface area contributed by atoms with E-state index in [4.69, 9.17) is 4.74 Å². The van der Waals surface area contributed by atoms with E-state index in [0.29, 0.717) is 19.7 Å². The highest BCUT2D eigenvalue weighted by Gasteiger charge is 2.10. The van der Waals surface area contributed by atoms with Gasteiger partial charge in [0.25, 0.3) is 0 Å². The summed E-state index contributed by atoms with van der Waals surface area (Å²) in [6, 6.07) is 10.2. The third-order valence-corrected chi connectivity index (χ3v) is 2.80. The number of aliphatic hydroxyl groups is 1. The molecule has 0 fully saturated rings. The van der Waals surface area contributed by atoms with E-state index in [9.17, 15) is 5.11 Å². The lowest BCUT2D eigenvalue weighted by atomic mass is 10.2. The third-order valence-electron chi connectivity index (χ3n) is 2.80. The van der Waals surface area contributed by atoms with Crippen LogP contribution in [0.1, 0.15) is 6.92 Å². The Balaban J connectivity index is 2.34. The standard InChI is InChI=1S/C14H24N2O2/c1-3-16(13-7-5-4-6-8-13)12-14(17)11-15-9-10-18-2/h4-8,14-15,17H,3,9-12H2,1-2H3. The fraction of sp³-hybridized carbons (Fsp3) is 0.571. The van der Waals surface area contributed by atoms with Crippen LogP contribution < -0.4 is 10.2 Å². The number of likely N-dealkylation sites (N-methyl/N-ethyl adjacent to an activating group) is 1. The summed E-state index contributed by atoms with van der Waals surface area (Å²) in [5, 5.41) is 13.1. The molecule has 0 heterocycles. The number of hydrogen-bond acceptors (Lipinski definition) is 4. The minimum Gasteiger partial charge on any atom is -0.390 e. The van der Waals surface area contributed by atoms with Crippen LogP contribution in [-0.2, 0) is 4.74 Å². The minimum atomic E-state index is -0.373. The zero-order valence-electron chi connectivity index (χ0n) is 11.3. The number of aliphatic hydroxyl groups excluding tert-OH is 1. The zero-order valence-corrected chi connectivity index (χ0v) is 11.3. The molecule has 0 radical (unpaired) electrons. The number of nitrogens with zero attached hydrogens (tertiary/aromatic N) is 1. The lowest BCUT2D eigenvalue weighted by Crippen LogP contribution is -2.39. The second kappa shape index (κ2) is 8.91. The smallest absolute Gasteiger partial charge is 0.0839 e. The molecule has 0 aliphatic rings. The van der Waals surface area contributed by atoms with Gasteiger partial charge in [0.2, 0.25) is 0 Å². The molecule has 1 rings (SSSR count). The van der Waals surface area contributed by atoms with Crippen LogP contribution in [0.4, 0.5) is 5.69 Å². The predicted molar refractivity (Wildman–Crippen MR) is 75.1 cm³/mol. The van der Waals surface area contributed by atoms with Gasteiger partial charge in [-0.1, -0.05) is 18.2 Å². The summed E-state index contributed by atoms with van der Waals surface area (Å²) in [5.74, 6) is 0. The molecule has 1 aromatic rings. The number of ether oxygens (including phenoxy) is 1. The van der Waals surface area contributed by atoms with Gasteiger partial charge in [0.05, 0.1) is 12.7 Å². The first-order chi connectivity index (χ1) is 8.77. The lowest BCUT2D eigenvalue weighted by molar-refractivity contribution is 0.163. The molecule has 0 bridgehead atoms. The van der Waals surface area contributed by atoms with Gasteiger partial charge in [-0.3, -0.25) is 0 Å². The van der Waals surface area contributed by atoms with Gasteiger partial charge in [0.1, 0.15) is 0 Å². The van der Waals surface area contributed by atoms with E-state index in [0.717, 1.165) is 18.8 Å². The maximum absolute atomic E-state index is 9.97. The summed E-state index contributed by atoms with van der Waals surface area (Å²) >= 11 is 0. The fourth-order valence-corrected chi connectivity index (χ4v) is 1.82. The highest BCUT2D eigenvalue weighted by atomic mass is 16.5. The van der Waals surface area contributed by atoms with Crippen molar-refractivity contribution in [3.63, 3.8) is 0 Å². The monoisotopic (exact) mass is 252 g/mol. The number of rotatable bonds is 9. The second-order valence-corrected chi connectivity index (χ2v) is 4.22. The maximum atomic E-state index is 9.97. The summed E-state index contributed by atoms with van der Waals surface area (Å²) in [6.07, 6.45) is -0.373. The summed E-state index contributed by atoms with van der Waals surface area (Å²) < 4.78 is 4.94. The first-order valence-corrected chi connectivity index (χ1v) is 6.45. The largest absolute Gasteiger partial charge is 0.390 e. The number of para-hydroxylation sites is 1. The molecule has 4 nitrogen and oxygen atoms in total. The highest BCUT2D eigenvalue weighted by Crippen LogP contribution is 2.12. The average Bonchev–Trinajstić information content (AvgIpc) is 2.42. The quantitative estimate of drug-likeness (QED) is 0.646. The van der Waals surface area contributed by atoms with Gasteiger partial charge in [-0.05, 0) is 19.1 Å². The van der Waals surface area contributed by atoms with Crippen molar-refractivity contribution in [1.29, 1.82) is 0 Å². The third kappa shape index (κ3) is 5.49. The Hall–Kier alpha value is -1.10. The molecular weight excluding hydrogens is 228 g/mol. The Labute approximate surface area is 110 Å². The molecule has 0 aliphatic carbocycles. The normalized spacial score (nSPS) is 12.4. The van der Waals surface area contributed by atoms with Crippen LogP contribution in [0.2, 0.25) is 0 Å². The Kier molecular flexibility index (Phi) is 7.41. The molecule has 1 unspecified atom stereocenters. The molecule has 0 aliphatic heterocycles. The van der Waals surface area contributed by atoms with Gasteiger partial charge in [0.15, 0.2) is 0 Å². The van der Waals surface area contributed by atoms with Crippen LogP contribution in [0.15, 0.2) is 30.3 Å². The molecule has 18 heavy (non-hydrogen) atoms. The predicted octanol–water partition coefficient (Wildman–Crippen LogP) is 1.11. The Morgan fingerprint density at radius 1 is 1.33 bits per heavy atom. The van der Waals surface area contributed by atoms with Crippen molar-refractivity contribution in [2.24, 2.45) is 0 Å². The number of benzene rings is 1. The molecular formula is C14H24N2O2. The van der Waals surface area contributed by atoms with Gasteiger partial charge in [-0.15, -0.1) is 0 Å². The van der Waals surface area contributed by atoms with Crippen LogP contribution >= 0.6 is 0 Å². The molecule has 0 saturated heterocycles. The van der Waals surface area contributed by atoms with Crippen LogP contribution in [-0.4, -0.2) is 51.1 Å². The van der Waals surface area contributed by atoms with Gasteiger partial charge < -0.3 is 20.1 Å². The number of nitrogens with one attached hydrogen (secondary N) is 1. The van der Waals surface area contributed by atoms with E-state index >= 15 is 0 Å². The van der Waals surface area contributed by atoms with E-state index in [2.05, 4.69) is 29.3 Å². The van der Waals surface area contributed by atoms with E-state index < -0.39 is 0 Å². The van der Waals surface area contributed by atoms with Gasteiger partial charge in [0, 0.05) is 39.0 Å². The van der Waals surface area contributed by atoms with Gasteiger partial charge in [-0.2, -0.15) is 0 Å². The van der Waals surface area contributed by atoms with E-state index in [1.807, 2.05) is 18.2 Å². The molecule has 2 N–H and O–H groups in total. The minimum absolute atomic E-state index is 0.373. The topological polar surface area (TPSA) is 44.7 Å². The van der Waals surface area contributed by atoms with Crippen molar-refractivity contribution in [1.82, 2.24) is 5.32 Å². The first kappa shape index (κ1) is 15.0. The van der Waals surface area contributed by atoms with Crippen molar-refractivity contribution in [3.05, 3.63) is 30.3 Å².